The van der Waals surface area contributed by atoms with Crippen LogP contribution in [0.25, 0.3) is 0 Å². The molecule has 0 saturated carbocycles. The van der Waals surface area contributed by atoms with E-state index in [0.717, 1.165) is 30.2 Å². The largest absolute Gasteiger partial charge is 0.384 e. The number of hydrogen-bond donors (Lipinski definition) is 2. The molecule has 4 atom stereocenters. The molecule has 0 spiro atoms. The van der Waals surface area contributed by atoms with Gasteiger partial charge in [-0.2, -0.15) is 11.8 Å². The molecule has 3 rings (SSSR count). The van der Waals surface area contributed by atoms with Crippen LogP contribution >= 0.6 is 11.8 Å². The Balaban J connectivity index is 1.67. The van der Waals surface area contributed by atoms with Gasteiger partial charge in [-0.3, -0.25) is 5.32 Å². The van der Waals surface area contributed by atoms with Crippen molar-refractivity contribution in [3.63, 3.8) is 0 Å². The molecule has 7 heteroatoms. The predicted molar refractivity (Wildman–Crippen MR) is 107 cm³/mol. The van der Waals surface area contributed by atoms with Gasteiger partial charge in [0.05, 0.1) is 17.7 Å². The van der Waals surface area contributed by atoms with Gasteiger partial charge in [0.1, 0.15) is 0 Å². The summed E-state index contributed by atoms with van der Waals surface area (Å²) < 4.78 is 28.8. The van der Waals surface area contributed by atoms with Crippen LogP contribution in [0.2, 0.25) is 0 Å². The zero-order chi connectivity index (χ0) is 18.6. The van der Waals surface area contributed by atoms with E-state index in [0.29, 0.717) is 23.6 Å². The van der Waals surface area contributed by atoms with E-state index in [9.17, 15) is 8.42 Å². The quantitative estimate of drug-likeness (QED) is 0.736. The van der Waals surface area contributed by atoms with E-state index >= 15 is 0 Å². The number of benzene rings is 1. The molecule has 0 bridgehead atoms. The van der Waals surface area contributed by atoms with Gasteiger partial charge < -0.3 is 10.1 Å². The first-order valence-corrected chi connectivity index (χ1v) is 12.3. The molecule has 4 unspecified atom stereocenters. The summed E-state index contributed by atoms with van der Waals surface area (Å²) in [5.41, 5.74) is 1.13. The summed E-state index contributed by atoms with van der Waals surface area (Å²) in [6.45, 7) is 1.76. The highest BCUT2D eigenvalue weighted by atomic mass is 32.2. The normalized spacial score (nSPS) is 29.8. The lowest BCUT2D eigenvalue weighted by atomic mass is 9.85. The maximum absolute atomic E-state index is 11.7. The number of hydrogen-bond acceptors (Lipinski definition) is 6. The molecule has 2 heterocycles. The summed E-state index contributed by atoms with van der Waals surface area (Å²) in [5, 5.41) is 8.17. The van der Waals surface area contributed by atoms with Crippen molar-refractivity contribution in [2.24, 2.45) is 5.92 Å². The highest BCUT2D eigenvalue weighted by Gasteiger charge is 2.31. The van der Waals surface area contributed by atoms with Crippen LogP contribution in [0, 0.1) is 5.92 Å². The zero-order valence-electron chi connectivity index (χ0n) is 15.6. The number of piperidine rings is 1. The lowest BCUT2D eigenvalue weighted by Crippen LogP contribution is -2.51. The second kappa shape index (κ2) is 9.06. The third-order valence-electron chi connectivity index (χ3n) is 5.34. The molecule has 0 radical (unpaired) electrons. The molecule has 2 fully saturated rings. The summed E-state index contributed by atoms with van der Waals surface area (Å²) >= 11 is 2.07. The second-order valence-electron chi connectivity index (χ2n) is 7.37. The number of methoxy groups -OCH3 is 1. The van der Waals surface area contributed by atoms with E-state index < -0.39 is 9.84 Å². The van der Waals surface area contributed by atoms with E-state index in [1.807, 2.05) is 12.1 Å². The van der Waals surface area contributed by atoms with Gasteiger partial charge in [-0.05, 0) is 49.1 Å². The van der Waals surface area contributed by atoms with E-state index in [1.165, 1.54) is 24.9 Å². The summed E-state index contributed by atoms with van der Waals surface area (Å²) in [7, 11) is -1.42. The van der Waals surface area contributed by atoms with Gasteiger partial charge in [0.15, 0.2) is 9.84 Å². The fourth-order valence-electron chi connectivity index (χ4n) is 3.91. The fourth-order valence-corrected chi connectivity index (χ4v) is 5.75. The van der Waals surface area contributed by atoms with Crippen molar-refractivity contribution < 1.29 is 13.2 Å². The number of thioether (sulfide) groups is 1. The van der Waals surface area contributed by atoms with Crippen molar-refractivity contribution in [3.8, 4) is 0 Å². The molecule has 2 aliphatic rings. The Bertz CT molecular complexity index is 673. The van der Waals surface area contributed by atoms with Crippen molar-refractivity contribution >= 4 is 21.6 Å². The monoisotopic (exact) mass is 398 g/mol. The first-order valence-electron chi connectivity index (χ1n) is 9.37. The highest BCUT2D eigenvalue weighted by Crippen LogP contribution is 2.32. The van der Waals surface area contributed by atoms with Crippen LogP contribution in [0.15, 0.2) is 29.2 Å². The van der Waals surface area contributed by atoms with Crippen molar-refractivity contribution in [1.29, 1.82) is 0 Å². The van der Waals surface area contributed by atoms with Crippen molar-refractivity contribution in [1.82, 2.24) is 10.6 Å². The van der Waals surface area contributed by atoms with Gasteiger partial charge in [-0.15, -0.1) is 0 Å². The van der Waals surface area contributed by atoms with E-state index in [1.54, 1.807) is 19.2 Å². The molecule has 0 amide bonds. The Morgan fingerprint density at radius 1 is 1.23 bits per heavy atom. The molecule has 5 nitrogen and oxygen atoms in total. The first kappa shape index (κ1) is 20.1. The average molecular weight is 399 g/mol. The van der Waals surface area contributed by atoms with Crippen LogP contribution in [0.5, 0.6) is 0 Å². The minimum atomic E-state index is -3.16. The fraction of sp³-hybridized carbons (Fsp3) is 0.684. The molecule has 0 aromatic heterocycles. The highest BCUT2D eigenvalue weighted by molar-refractivity contribution is 8.00. The number of rotatable bonds is 7. The standard InChI is InChI=1S/C19H30N2O3S2/c1-24-13-15-7-10-18(20-12-16-4-3-11-25-16)21-19(15)14-5-8-17(9-6-14)26(2,22)23/h5-6,8-9,15-16,18-21H,3-4,7,10-13H2,1-2H3. The van der Waals surface area contributed by atoms with E-state index in [2.05, 4.69) is 22.4 Å². The minimum Gasteiger partial charge on any atom is -0.384 e. The molecule has 1 aromatic rings. The molecule has 146 valence electrons. The second-order valence-corrected chi connectivity index (χ2v) is 10.8. The summed E-state index contributed by atoms with van der Waals surface area (Å²) in [4.78, 5) is 0.369. The van der Waals surface area contributed by atoms with Gasteiger partial charge in [0.2, 0.25) is 0 Å². The van der Waals surface area contributed by atoms with E-state index in [4.69, 9.17) is 4.74 Å². The maximum atomic E-state index is 11.7. The van der Waals surface area contributed by atoms with Crippen LogP contribution in [-0.4, -0.2) is 52.1 Å². The Labute approximate surface area is 161 Å². The molecule has 2 aliphatic heterocycles. The number of ether oxygens (including phenoxy) is 1. The lowest BCUT2D eigenvalue weighted by molar-refractivity contribution is 0.0944. The topological polar surface area (TPSA) is 67.4 Å². The number of sulfone groups is 1. The Kier molecular flexibility index (Phi) is 7.02. The minimum absolute atomic E-state index is 0.172. The molecular weight excluding hydrogens is 368 g/mol. The van der Waals surface area contributed by atoms with Gasteiger partial charge in [-0.25, -0.2) is 8.42 Å². The van der Waals surface area contributed by atoms with Crippen LogP contribution in [-0.2, 0) is 14.6 Å². The average Bonchev–Trinajstić information content (AvgIpc) is 3.14. The summed E-state index contributed by atoms with van der Waals surface area (Å²) in [6.07, 6.45) is 6.37. The third-order valence-corrected chi connectivity index (χ3v) is 7.87. The van der Waals surface area contributed by atoms with Crippen molar-refractivity contribution in [2.75, 3.05) is 32.3 Å². The molecule has 2 saturated heterocycles. The molecule has 2 N–H and O–H groups in total. The molecule has 26 heavy (non-hydrogen) atoms. The first-order chi connectivity index (χ1) is 12.5. The summed E-state index contributed by atoms with van der Waals surface area (Å²) in [5.74, 6) is 1.68. The van der Waals surface area contributed by atoms with Gasteiger partial charge in [-0.1, -0.05) is 12.1 Å². The van der Waals surface area contributed by atoms with Crippen LogP contribution in [0.1, 0.15) is 37.3 Å². The Morgan fingerprint density at radius 3 is 2.62 bits per heavy atom. The molecule has 0 aliphatic carbocycles. The SMILES string of the molecule is COCC1CCC(NCC2CCCS2)NC1c1ccc(S(C)(=O)=O)cc1. The van der Waals surface area contributed by atoms with Crippen molar-refractivity contribution in [2.45, 2.75) is 48.0 Å². The van der Waals surface area contributed by atoms with Crippen LogP contribution < -0.4 is 10.6 Å². The smallest absolute Gasteiger partial charge is 0.175 e. The maximum Gasteiger partial charge on any atom is 0.175 e. The zero-order valence-corrected chi connectivity index (χ0v) is 17.2. The van der Waals surface area contributed by atoms with Gasteiger partial charge in [0, 0.05) is 37.1 Å². The third kappa shape index (κ3) is 5.23. The lowest BCUT2D eigenvalue weighted by Gasteiger charge is -2.38. The summed E-state index contributed by atoms with van der Waals surface area (Å²) in [6, 6.07) is 7.47. The Morgan fingerprint density at radius 2 is 2.00 bits per heavy atom. The van der Waals surface area contributed by atoms with E-state index in [-0.39, 0.29) is 6.04 Å². The van der Waals surface area contributed by atoms with Gasteiger partial charge >= 0.3 is 0 Å². The van der Waals surface area contributed by atoms with Crippen molar-refractivity contribution in [3.05, 3.63) is 29.8 Å². The van der Waals surface area contributed by atoms with Crippen LogP contribution in [0.3, 0.4) is 0 Å². The predicted octanol–water partition coefficient (Wildman–Crippen LogP) is 2.59. The van der Waals surface area contributed by atoms with Gasteiger partial charge in [0.25, 0.3) is 0 Å². The Hall–Kier alpha value is -0.600. The molecule has 1 aromatic carbocycles. The molecular formula is C19H30N2O3S2. The van der Waals surface area contributed by atoms with Crippen LogP contribution in [0.4, 0.5) is 0 Å². The number of nitrogens with one attached hydrogen (secondary N) is 2.